The molecule has 37 heavy (non-hydrogen) atoms. The molecule has 0 aliphatic heterocycles. The summed E-state index contributed by atoms with van der Waals surface area (Å²) in [6.45, 7) is 4.28. The molecular weight excluding hydrogens is 506 g/mol. The topological polar surface area (TPSA) is 90.6 Å². The SMILES string of the molecule is CCc1cccc(Cn2c(=O)c(-c3ccc(-c4nccnc4C)cc3Cl)cc3cnc(S(C)=O)nc32)c1. The van der Waals surface area contributed by atoms with Crippen molar-refractivity contribution in [2.24, 2.45) is 0 Å². The summed E-state index contributed by atoms with van der Waals surface area (Å²) in [6.07, 6.45) is 7.29. The van der Waals surface area contributed by atoms with Crippen LogP contribution in [0.4, 0.5) is 0 Å². The molecule has 7 nitrogen and oxygen atoms in total. The fourth-order valence-electron chi connectivity index (χ4n) is 4.32. The van der Waals surface area contributed by atoms with Crippen LogP contribution in [0.5, 0.6) is 0 Å². The molecule has 0 fully saturated rings. The smallest absolute Gasteiger partial charge is 0.260 e. The van der Waals surface area contributed by atoms with E-state index in [9.17, 15) is 9.00 Å². The first kappa shape index (κ1) is 24.9. The number of hydrogen-bond donors (Lipinski definition) is 0. The zero-order valence-electron chi connectivity index (χ0n) is 20.6. The molecule has 0 radical (unpaired) electrons. The van der Waals surface area contributed by atoms with Crippen LogP contribution < -0.4 is 5.56 Å². The largest absolute Gasteiger partial charge is 0.288 e. The van der Waals surface area contributed by atoms with Crippen LogP contribution in [0, 0.1) is 6.92 Å². The van der Waals surface area contributed by atoms with Crippen LogP contribution in [-0.2, 0) is 23.8 Å². The summed E-state index contributed by atoms with van der Waals surface area (Å²) in [5.74, 6) is 0. The van der Waals surface area contributed by atoms with Crippen LogP contribution in [0.15, 0.2) is 77.1 Å². The van der Waals surface area contributed by atoms with Gasteiger partial charge in [0.25, 0.3) is 5.56 Å². The first-order valence-electron chi connectivity index (χ1n) is 11.8. The highest BCUT2D eigenvalue weighted by Crippen LogP contribution is 2.32. The van der Waals surface area contributed by atoms with Crippen LogP contribution in [0.3, 0.4) is 0 Å². The van der Waals surface area contributed by atoms with Crippen LogP contribution in [0.1, 0.15) is 23.7 Å². The fourth-order valence-corrected chi connectivity index (χ4v) is 5.02. The second kappa shape index (κ2) is 10.3. The van der Waals surface area contributed by atoms with Crippen LogP contribution in [-0.4, -0.2) is 35.0 Å². The maximum atomic E-state index is 13.9. The number of hydrogen-bond acceptors (Lipinski definition) is 6. The average Bonchev–Trinajstić information content (AvgIpc) is 2.90. The lowest BCUT2D eigenvalue weighted by atomic mass is 10.0. The summed E-state index contributed by atoms with van der Waals surface area (Å²) < 4.78 is 13.7. The molecule has 2 aromatic carbocycles. The molecule has 0 saturated heterocycles. The first-order valence-corrected chi connectivity index (χ1v) is 13.7. The number of pyridine rings is 1. The molecule has 1 unspecified atom stereocenters. The Bertz CT molecular complexity index is 1730. The molecule has 0 aliphatic carbocycles. The Hall–Kier alpha value is -3.75. The van der Waals surface area contributed by atoms with Gasteiger partial charge < -0.3 is 0 Å². The highest BCUT2D eigenvalue weighted by molar-refractivity contribution is 7.84. The predicted molar refractivity (Wildman–Crippen MR) is 147 cm³/mol. The van der Waals surface area contributed by atoms with E-state index in [-0.39, 0.29) is 10.7 Å². The normalized spacial score (nSPS) is 12.1. The third kappa shape index (κ3) is 4.95. The molecule has 0 bridgehead atoms. The van der Waals surface area contributed by atoms with Crippen molar-refractivity contribution in [2.75, 3.05) is 6.26 Å². The maximum Gasteiger partial charge on any atom is 0.260 e. The summed E-state index contributed by atoms with van der Waals surface area (Å²) in [5.41, 5.74) is 5.69. The summed E-state index contributed by atoms with van der Waals surface area (Å²) in [7, 11) is -1.39. The van der Waals surface area contributed by atoms with Gasteiger partial charge >= 0.3 is 0 Å². The van der Waals surface area contributed by atoms with Gasteiger partial charge in [0.1, 0.15) is 5.65 Å². The number of aromatic nitrogens is 5. The van der Waals surface area contributed by atoms with Crippen molar-refractivity contribution in [3.63, 3.8) is 0 Å². The molecule has 0 N–H and O–H groups in total. The molecule has 3 heterocycles. The minimum atomic E-state index is -1.39. The van der Waals surface area contributed by atoms with Crippen molar-refractivity contribution >= 4 is 33.4 Å². The second-order valence-corrected chi connectivity index (χ2v) is 10.4. The number of nitrogens with zero attached hydrogens (tertiary/aromatic N) is 5. The van der Waals surface area contributed by atoms with Gasteiger partial charge in [-0.15, -0.1) is 0 Å². The summed E-state index contributed by atoms with van der Waals surface area (Å²) in [5, 5.41) is 1.25. The molecule has 5 aromatic rings. The van der Waals surface area contributed by atoms with Crippen LogP contribution in [0.25, 0.3) is 33.4 Å². The number of aryl methyl sites for hydroxylation is 2. The van der Waals surface area contributed by atoms with Gasteiger partial charge in [0, 0.05) is 51.9 Å². The highest BCUT2D eigenvalue weighted by atomic mass is 35.5. The number of rotatable bonds is 6. The van der Waals surface area contributed by atoms with Gasteiger partial charge in [-0.1, -0.05) is 54.9 Å². The van der Waals surface area contributed by atoms with E-state index in [2.05, 4.69) is 39.0 Å². The van der Waals surface area contributed by atoms with Gasteiger partial charge in [-0.3, -0.25) is 23.5 Å². The van der Waals surface area contributed by atoms with Crippen LogP contribution in [0.2, 0.25) is 5.02 Å². The summed E-state index contributed by atoms with van der Waals surface area (Å²) in [6, 6.07) is 15.4. The van der Waals surface area contributed by atoms with Gasteiger partial charge in [0.2, 0.25) is 5.16 Å². The number of benzene rings is 2. The van der Waals surface area contributed by atoms with E-state index < -0.39 is 10.8 Å². The Morgan fingerprint density at radius 3 is 2.49 bits per heavy atom. The lowest BCUT2D eigenvalue weighted by molar-refractivity contribution is 0.679. The fraction of sp³-hybridized carbons (Fsp3) is 0.179. The van der Waals surface area contributed by atoms with E-state index in [1.165, 1.54) is 11.8 Å². The second-order valence-electron chi connectivity index (χ2n) is 8.69. The van der Waals surface area contributed by atoms with E-state index >= 15 is 0 Å². The third-order valence-corrected chi connectivity index (χ3v) is 7.24. The van der Waals surface area contributed by atoms with Gasteiger partial charge in [0.05, 0.1) is 28.7 Å². The number of fused-ring (bicyclic) bond motifs is 1. The molecule has 186 valence electrons. The average molecular weight is 530 g/mol. The zero-order valence-corrected chi connectivity index (χ0v) is 22.2. The summed E-state index contributed by atoms with van der Waals surface area (Å²) in [4.78, 5) is 31.4. The van der Waals surface area contributed by atoms with E-state index in [1.54, 1.807) is 35.3 Å². The Balaban J connectivity index is 1.70. The van der Waals surface area contributed by atoms with Gasteiger partial charge in [-0.05, 0) is 36.6 Å². The molecule has 0 amide bonds. The maximum absolute atomic E-state index is 13.9. The lowest BCUT2D eigenvalue weighted by Crippen LogP contribution is -2.24. The minimum Gasteiger partial charge on any atom is -0.288 e. The Labute approximate surface area is 221 Å². The summed E-state index contributed by atoms with van der Waals surface area (Å²) >= 11 is 6.74. The van der Waals surface area contributed by atoms with Crippen molar-refractivity contribution in [1.82, 2.24) is 24.5 Å². The molecule has 0 aliphatic rings. The van der Waals surface area contributed by atoms with E-state index in [4.69, 9.17) is 11.6 Å². The molecule has 0 saturated carbocycles. The minimum absolute atomic E-state index is 0.178. The monoisotopic (exact) mass is 529 g/mol. The highest BCUT2D eigenvalue weighted by Gasteiger charge is 2.18. The third-order valence-electron chi connectivity index (χ3n) is 6.22. The molecular formula is C28H24ClN5O2S. The van der Waals surface area contributed by atoms with Crippen LogP contribution >= 0.6 is 11.6 Å². The van der Waals surface area contributed by atoms with Crippen molar-refractivity contribution in [2.45, 2.75) is 32.0 Å². The molecule has 1 atom stereocenters. The zero-order chi connectivity index (χ0) is 26.1. The van der Waals surface area contributed by atoms with Gasteiger partial charge in [0.15, 0.2) is 0 Å². The molecule has 9 heteroatoms. The quantitative estimate of drug-likeness (QED) is 0.280. The van der Waals surface area contributed by atoms with Gasteiger partial charge in [-0.2, -0.15) is 0 Å². The predicted octanol–water partition coefficient (Wildman–Crippen LogP) is 5.23. The van der Waals surface area contributed by atoms with Crippen molar-refractivity contribution in [3.05, 3.63) is 99.3 Å². The molecule has 5 rings (SSSR count). The van der Waals surface area contributed by atoms with Crippen molar-refractivity contribution in [1.29, 1.82) is 0 Å². The molecule has 0 spiro atoms. The van der Waals surface area contributed by atoms with Gasteiger partial charge in [-0.25, -0.2) is 9.97 Å². The van der Waals surface area contributed by atoms with E-state index in [0.717, 1.165) is 28.9 Å². The standard InChI is InChI=1S/C28H24ClN5O2S/c1-4-18-6-5-7-19(12-18)16-34-26-21(15-32-28(33-26)37(3)36)13-23(27(34)35)22-9-8-20(14-24(22)29)25-17(2)30-10-11-31-25/h5-15H,4,16H2,1-3H3. The molecule has 3 aromatic heterocycles. The Morgan fingerprint density at radius 1 is 0.973 bits per heavy atom. The first-order chi connectivity index (χ1) is 17.9. The van der Waals surface area contributed by atoms with Crippen molar-refractivity contribution < 1.29 is 4.21 Å². The van der Waals surface area contributed by atoms with E-state index in [1.807, 2.05) is 31.2 Å². The van der Waals surface area contributed by atoms with E-state index in [0.29, 0.717) is 33.7 Å². The Kier molecular flexibility index (Phi) is 6.95. The lowest BCUT2D eigenvalue weighted by Gasteiger charge is -2.15. The number of halogens is 1. The van der Waals surface area contributed by atoms with Crippen molar-refractivity contribution in [3.8, 4) is 22.4 Å². The Morgan fingerprint density at radius 2 is 1.76 bits per heavy atom.